The first-order valence-corrected chi connectivity index (χ1v) is 6.45. The molecule has 92 valence electrons. The highest BCUT2D eigenvalue weighted by atomic mass is 79.9. The Balaban J connectivity index is 2.51. The molecule has 0 aliphatic carbocycles. The minimum absolute atomic E-state index is 0.00389. The van der Waals surface area contributed by atoms with Gasteiger partial charge in [-0.15, -0.1) is 0 Å². The fraction of sp³-hybridized carbons (Fsp3) is 0.133. The molecular formula is C15H14BrNO. The topological polar surface area (TPSA) is 43.1 Å². The molecule has 3 heteroatoms. The zero-order chi connectivity index (χ0) is 13.3. The highest BCUT2D eigenvalue weighted by Crippen LogP contribution is 2.22. The zero-order valence-corrected chi connectivity index (χ0v) is 11.9. The summed E-state index contributed by atoms with van der Waals surface area (Å²) in [6.45, 7) is 3.96. The number of nitrogen functional groups attached to an aromatic ring is 1. The highest BCUT2D eigenvalue weighted by molar-refractivity contribution is 9.10. The third-order valence-electron chi connectivity index (χ3n) is 3.03. The van der Waals surface area contributed by atoms with Crippen molar-refractivity contribution in [3.63, 3.8) is 0 Å². The Bertz CT molecular complexity index is 600. The lowest BCUT2D eigenvalue weighted by Crippen LogP contribution is -2.05. The minimum atomic E-state index is 0.00389. The maximum atomic E-state index is 12.4. The number of nitrogens with two attached hydrogens (primary N) is 1. The monoisotopic (exact) mass is 303 g/mol. The van der Waals surface area contributed by atoms with Crippen LogP contribution in [-0.4, -0.2) is 5.78 Å². The maximum absolute atomic E-state index is 12.4. The fourth-order valence-electron chi connectivity index (χ4n) is 1.90. The number of anilines is 1. The number of hydrogen-bond acceptors (Lipinski definition) is 2. The summed E-state index contributed by atoms with van der Waals surface area (Å²) < 4.78 is 0.816. The molecule has 0 amide bonds. The Morgan fingerprint density at radius 3 is 2.56 bits per heavy atom. The number of carbonyl (C=O) groups is 1. The van der Waals surface area contributed by atoms with Gasteiger partial charge >= 0.3 is 0 Å². The van der Waals surface area contributed by atoms with Crippen LogP contribution in [0.5, 0.6) is 0 Å². The van der Waals surface area contributed by atoms with Gasteiger partial charge in [-0.05, 0) is 43.2 Å². The second-order valence-corrected chi connectivity index (χ2v) is 5.27. The van der Waals surface area contributed by atoms with Gasteiger partial charge in [0.15, 0.2) is 5.78 Å². The van der Waals surface area contributed by atoms with Crippen molar-refractivity contribution >= 4 is 27.4 Å². The molecule has 0 aromatic heterocycles. The number of rotatable bonds is 2. The van der Waals surface area contributed by atoms with Crippen molar-refractivity contribution in [2.75, 3.05) is 5.73 Å². The molecule has 0 bridgehead atoms. The third kappa shape index (κ3) is 2.46. The Morgan fingerprint density at radius 1 is 1.17 bits per heavy atom. The molecule has 0 aliphatic heterocycles. The van der Waals surface area contributed by atoms with Gasteiger partial charge in [0, 0.05) is 21.3 Å². The predicted octanol–water partition coefficient (Wildman–Crippen LogP) is 3.88. The van der Waals surface area contributed by atoms with Gasteiger partial charge in [0.2, 0.25) is 0 Å². The molecule has 0 saturated carbocycles. The summed E-state index contributed by atoms with van der Waals surface area (Å²) >= 11 is 3.35. The molecule has 2 nitrogen and oxygen atoms in total. The summed E-state index contributed by atoms with van der Waals surface area (Å²) in [4.78, 5) is 12.4. The Hall–Kier alpha value is -1.61. The average Bonchev–Trinajstić information content (AvgIpc) is 2.30. The molecule has 0 atom stereocenters. The van der Waals surface area contributed by atoms with E-state index in [4.69, 9.17) is 5.73 Å². The van der Waals surface area contributed by atoms with Crippen LogP contribution >= 0.6 is 15.9 Å². The van der Waals surface area contributed by atoms with E-state index in [1.807, 2.05) is 32.0 Å². The predicted molar refractivity (Wildman–Crippen MR) is 77.9 cm³/mol. The van der Waals surface area contributed by atoms with E-state index in [-0.39, 0.29) is 5.78 Å². The van der Waals surface area contributed by atoms with Gasteiger partial charge in [0.1, 0.15) is 0 Å². The first kappa shape index (κ1) is 12.8. The summed E-state index contributed by atoms with van der Waals surface area (Å²) in [5.74, 6) is 0.00389. The molecule has 0 spiro atoms. The second-order valence-electron chi connectivity index (χ2n) is 4.35. The van der Waals surface area contributed by atoms with Crippen LogP contribution in [0, 0.1) is 13.8 Å². The van der Waals surface area contributed by atoms with E-state index in [0.29, 0.717) is 11.3 Å². The van der Waals surface area contributed by atoms with E-state index in [9.17, 15) is 4.79 Å². The number of ketones is 1. The normalized spacial score (nSPS) is 10.4. The molecule has 0 radical (unpaired) electrons. The average molecular weight is 304 g/mol. The Morgan fingerprint density at radius 2 is 1.89 bits per heavy atom. The molecule has 0 unspecified atom stereocenters. The van der Waals surface area contributed by atoms with Gasteiger partial charge in [-0.3, -0.25) is 4.79 Å². The molecule has 0 aliphatic rings. The largest absolute Gasteiger partial charge is 0.399 e. The van der Waals surface area contributed by atoms with Gasteiger partial charge in [0.05, 0.1) is 0 Å². The molecule has 18 heavy (non-hydrogen) atoms. The summed E-state index contributed by atoms with van der Waals surface area (Å²) in [6, 6.07) is 11.0. The Kier molecular flexibility index (Phi) is 3.53. The van der Waals surface area contributed by atoms with E-state index >= 15 is 0 Å². The SMILES string of the molecule is Cc1cccc(C(=O)c2cc(N)cc(Br)c2)c1C. The summed E-state index contributed by atoms with van der Waals surface area (Å²) in [5.41, 5.74) is 9.81. The standard InChI is InChI=1S/C15H14BrNO/c1-9-4-3-5-14(10(9)2)15(18)11-6-12(16)8-13(17)7-11/h3-8H,17H2,1-2H3. The highest BCUT2D eigenvalue weighted by Gasteiger charge is 2.13. The summed E-state index contributed by atoms with van der Waals surface area (Å²) in [6.07, 6.45) is 0. The van der Waals surface area contributed by atoms with Crippen molar-refractivity contribution in [3.05, 3.63) is 63.1 Å². The van der Waals surface area contributed by atoms with E-state index in [0.717, 1.165) is 21.2 Å². The van der Waals surface area contributed by atoms with Crippen LogP contribution in [0.15, 0.2) is 40.9 Å². The molecule has 2 N–H and O–H groups in total. The van der Waals surface area contributed by atoms with Gasteiger partial charge in [-0.2, -0.15) is 0 Å². The lowest BCUT2D eigenvalue weighted by molar-refractivity contribution is 0.103. The first-order valence-electron chi connectivity index (χ1n) is 5.66. The van der Waals surface area contributed by atoms with Crippen molar-refractivity contribution in [1.82, 2.24) is 0 Å². The van der Waals surface area contributed by atoms with Gasteiger partial charge in [-0.1, -0.05) is 34.1 Å². The molecule has 2 aromatic rings. The lowest BCUT2D eigenvalue weighted by atomic mass is 9.96. The molecule has 2 aromatic carbocycles. The summed E-state index contributed by atoms with van der Waals surface area (Å²) in [5, 5.41) is 0. The molecule has 0 fully saturated rings. The summed E-state index contributed by atoms with van der Waals surface area (Å²) in [7, 11) is 0. The number of hydrogen-bond donors (Lipinski definition) is 1. The number of carbonyl (C=O) groups excluding carboxylic acids is 1. The van der Waals surface area contributed by atoms with E-state index in [1.165, 1.54) is 0 Å². The van der Waals surface area contributed by atoms with Crippen molar-refractivity contribution in [3.8, 4) is 0 Å². The first-order chi connectivity index (χ1) is 8.49. The van der Waals surface area contributed by atoms with Gasteiger partial charge in [-0.25, -0.2) is 0 Å². The maximum Gasteiger partial charge on any atom is 0.193 e. The third-order valence-corrected chi connectivity index (χ3v) is 3.49. The van der Waals surface area contributed by atoms with Crippen LogP contribution in [-0.2, 0) is 0 Å². The van der Waals surface area contributed by atoms with Crippen molar-refractivity contribution < 1.29 is 4.79 Å². The van der Waals surface area contributed by atoms with Crippen molar-refractivity contribution in [2.24, 2.45) is 0 Å². The van der Waals surface area contributed by atoms with Gasteiger partial charge < -0.3 is 5.73 Å². The quantitative estimate of drug-likeness (QED) is 0.676. The van der Waals surface area contributed by atoms with Crippen LogP contribution in [0.25, 0.3) is 0 Å². The Labute approximate surface area is 115 Å². The minimum Gasteiger partial charge on any atom is -0.399 e. The van der Waals surface area contributed by atoms with E-state index in [2.05, 4.69) is 15.9 Å². The number of halogens is 1. The van der Waals surface area contributed by atoms with Gasteiger partial charge in [0.25, 0.3) is 0 Å². The number of benzene rings is 2. The van der Waals surface area contributed by atoms with Crippen molar-refractivity contribution in [2.45, 2.75) is 13.8 Å². The molecule has 2 rings (SSSR count). The zero-order valence-electron chi connectivity index (χ0n) is 10.3. The van der Waals surface area contributed by atoms with Crippen LogP contribution in [0.1, 0.15) is 27.0 Å². The van der Waals surface area contributed by atoms with Crippen LogP contribution in [0.2, 0.25) is 0 Å². The van der Waals surface area contributed by atoms with Crippen molar-refractivity contribution in [1.29, 1.82) is 0 Å². The van der Waals surface area contributed by atoms with Crippen LogP contribution in [0.4, 0.5) is 5.69 Å². The van der Waals surface area contributed by atoms with E-state index < -0.39 is 0 Å². The lowest BCUT2D eigenvalue weighted by Gasteiger charge is -2.08. The number of aryl methyl sites for hydroxylation is 1. The molecule has 0 saturated heterocycles. The molecular weight excluding hydrogens is 290 g/mol. The van der Waals surface area contributed by atoms with Crippen LogP contribution in [0.3, 0.4) is 0 Å². The van der Waals surface area contributed by atoms with E-state index in [1.54, 1.807) is 18.2 Å². The second kappa shape index (κ2) is 4.94. The van der Waals surface area contributed by atoms with Crippen LogP contribution < -0.4 is 5.73 Å². The fourth-order valence-corrected chi connectivity index (χ4v) is 2.41. The molecule has 0 heterocycles. The smallest absolute Gasteiger partial charge is 0.193 e.